The number of fused-ring (bicyclic) bond motifs is 1. The fraction of sp³-hybridized carbons (Fsp3) is 0.195. The lowest BCUT2D eigenvalue weighted by Crippen LogP contribution is -2.08. The molecule has 1 aliphatic rings. The van der Waals surface area contributed by atoms with E-state index in [-0.39, 0.29) is 23.3 Å². The zero-order valence-corrected chi connectivity index (χ0v) is 37.5. The number of nitrogens with one attached hydrogen (secondary N) is 6. The molecular weight excluding hydrogens is 846 g/mol. The maximum absolute atomic E-state index is 13.5. The van der Waals surface area contributed by atoms with Crippen LogP contribution in [0.25, 0.3) is 0 Å². The molecule has 0 fully saturated rings. The van der Waals surface area contributed by atoms with Crippen LogP contribution in [0.1, 0.15) is 37.7 Å². The predicted octanol–water partition coefficient (Wildman–Crippen LogP) is 11.4. The van der Waals surface area contributed by atoms with Crippen LogP contribution in [0.3, 0.4) is 0 Å². The molecule has 12 N–H and O–H groups in total. The van der Waals surface area contributed by atoms with Gasteiger partial charge in [-0.3, -0.25) is 16.2 Å². The van der Waals surface area contributed by atoms with E-state index in [0.717, 1.165) is 56.6 Å². The predicted molar refractivity (Wildman–Crippen MR) is 254 cm³/mol. The summed E-state index contributed by atoms with van der Waals surface area (Å²) in [5.41, 5.74) is 25.8. The molecule has 0 bridgehead atoms. The third-order valence-electron chi connectivity index (χ3n) is 8.64. The summed E-state index contributed by atoms with van der Waals surface area (Å²) in [5.74, 6) is 0.863. The van der Waals surface area contributed by atoms with Crippen molar-refractivity contribution < 1.29 is 9.13 Å². The summed E-state index contributed by atoms with van der Waals surface area (Å²) in [6.07, 6.45) is 9.66. The van der Waals surface area contributed by atoms with Gasteiger partial charge in [-0.15, -0.1) is 69.3 Å². The van der Waals surface area contributed by atoms with Crippen molar-refractivity contribution in [2.45, 2.75) is 38.8 Å². The third kappa shape index (κ3) is 11.7. The molecule has 58 heavy (non-hydrogen) atoms. The van der Waals surface area contributed by atoms with E-state index in [1.54, 1.807) is 66.7 Å². The molecule has 0 atom stereocenters. The van der Waals surface area contributed by atoms with E-state index in [1.807, 2.05) is 67.3 Å². The second-order valence-corrected chi connectivity index (χ2v) is 19.1. The Morgan fingerprint density at radius 1 is 0.603 bits per heavy atom. The van der Waals surface area contributed by atoms with Gasteiger partial charge in [0.2, 0.25) is 0 Å². The lowest BCUT2D eigenvalue weighted by atomic mass is 10.1. The van der Waals surface area contributed by atoms with Gasteiger partial charge in [0.05, 0.1) is 51.4 Å². The molecule has 0 amide bonds. The highest BCUT2D eigenvalue weighted by molar-refractivity contribution is 8.01. The highest BCUT2D eigenvalue weighted by Gasteiger charge is 2.15. The van der Waals surface area contributed by atoms with Gasteiger partial charge in [0.1, 0.15) is 29.1 Å². The number of nitrogens with two attached hydrogens (primary N) is 3. The molecular formula is C41H46FN9OS6. The summed E-state index contributed by atoms with van der Waals surface area (Å²) >= 11 is 9.43. The van der Waals surface area contributed by atoms with Gasteiger partial charge >= 0.3 is 0 Å². The zero-order chi connectivity index (χ0) is 41.9. The normalized spacial score (nSPS) is 11.3. The molecule has 3 heterocycles. The van der Waals surface area contributed by atoms with E-state index < -0.39 is 0 Å². The summed E-state index contributed by atoms with van der Waals surface area (Å²) < 4.78 is 21.9. The molecule has 1 aliphatic carbocycles. The average Bonchev–Trinajstić information content (AvgIpc) is 4.03. The maximum atomic E-state index is 13.5. The number of rotatable bonds is 13. The number of halogens is 1. The first-order valence-electron chi connectivity index (χ1n) is 17.7. The maximum Gasteiger partial charge on any atom is 0.133 e. The molecule has 7 rings (SSSR count). The number of anilines is 6. The Balaban J connectivity index is 0.000000166. The van der Waals surface area contributed by atoms with E-state index in [0.29, 0.717) is 16.1 Å². The van der Waals surface area contributed by atoms with Gasteiger partial charge in [-0.2, -0.15) is 0 Å². The molecule has 0 aliphatic heterocycles. The van der Waals surface area contributed by atoms with Crippen LogP contribution in [0.5, 0.6) is 5.75 Å². The van der Waals surface area contributed by atoms with Crippen molar-refractivity contribution in [1.29, 1.82) is 16.2 Å². The van der Waals surface area contributed by atoms with E-state index in [4.69, 9.17) is 38.2 Å². The van der Waals surface area contributed by atoms with Crippen molar-refractivity contribution >= 4 is 121 Å². The monoisotopic (exact) mass is 891 g/mol. The van der Waals surface area contributed by atoms with Crippen molar-refractivity contribution in [2.75, 3.05) is 41.8 Å². The van der Waals surface area contributed by atoms with Crippen LogP contribution >= 0.6 is 69.3 Å². The second kappa shape index (κ2) is 20.9. The van der Waals surface area contributed by atoms with Crippen LogP contribution in [0.15, 0.2) is 91.5 Å². The number of nitrogen functional groups attached to an aromatic ring is 3. The van der Waals surface area contributed by atoms with Crippen molar-refractivity contribution in [3.8, 4) is 5.75 Å². The molecule has 3 aromatic carbocycles. The molecule has 17 heteroatoms. The number of hydrogen-bond donors (Lipinski definition) is 9. The van der Waals surface area contributed by atoms with Crippen LogP contribution < -0.4 is 37.9 Å². The first-order valence-corrected chi connectivity index (χ1v) is 23.8. The SMILES string of the molecule is COc1ccc(Nc2cc(C(=N)N)sc2SC)cc1.CSc1sc(C(=N)N)cc1Nc1ccc(C)c(F)c1.CSc1sc(C(=N)N)cc1Nc1ccc2c(c1)CCC2. The molecule has 10 nitrogen and oxygen atoms in total. The van der Waals surface area contributed by atoms with Gasteiger partial charge in [-0.05, 0) is 128 Å². The quantitative estimate of drug-likeness (QED) is 0.0306. The molecule has 3 aromatic heterocycles. The summed E-state index contributed by atoms with van der Waals surface area (Å²) in [5, 5.41) is 32.5. The number of thioether (sulfide) groups is 3. The minimum atomic E-state index is -0.238. The highest BCUT2D eigenvalue weighted by atomic mass is 32.2. The zero-order valence-electron chi connectivity index (χ0n) is 32.6. The highest BCUT2D eigenvalue weighted by Crippen LogP contribution is 2.39. The molecule has 0 saturated heterocycles. The lowest BCUT2D eigenvalue weighted by Gasteiger charge is -2.08. The number of amidine groups is 3. The van der Waals surface area contributed by atoms with Crippen molar-refractivity contribution in [2.24, 2.45) is 17.2 Å². The summed E-state index contributed by atoms with van der Waals surface area (Å²) in [6.45, 7) is 1.73. The lowest BCUT2D eigenvalue weighted by molar-refractivity contribution is 0.415. The van der Waals surface area contributed by atoms with Gasteiger partial charge < -0.3 is 37.9 Å². The van der Waals surface area contributed by atoms with Crippen LogP contribution in [0.4, 0.5) is 38.5 Å². The van der Waals surface area contributed by atoms with Gasteiger partial charge in [0.15, 0.2) is 0 Å². The van der Waals surface area contributed by atoms with E-state index >= 15 is 0 Å². The van der Waals surface area contributed by atoms with Gasteiger partial charge in [-0.1, -0.05) is 12.1 Å². The number of ether oxygens (including phenoxy) is 1. The Bertz CT molecular complexity index is 2390. The number of benzene rings is 3. The first kappa shape index (κ1) is 44.5. The Morgan fingerprint density at radius 2 is 1.02 bits per heavy atom. The second-order valence-electron chi connectivity index (χ2n) is 12.7. The van der Waals surface area contributed by atoms with Crippen LogP contribution in [-0.4, -0.2) is 43.4 Å². The van der Waals surface area contributed by atoms with Gasteiger partial charge in [0, 0.05) is 17.1 Å². The van der Waals surface area contributed by atoms with E-state index in [1.165, 1.54) is 59.1 Å². The largest absolute Gasteiger partial charge is 0.497 e. The number of thiophene rings is 3. The molecule has 0 spiro atoms. The standard InChI is InChI=1S/C15H17N3S2.C13H14FN3S2.C13H15N3OS2/c1-19-15-12(8-13(20-15)14(16)17)18-11-6-5-9-3-2-4-10(9)7-11;1-7-3-4-8(5-9(7)14)17-10-6-11(12(15)16)19-13(10)18-2;1-17-9-5-3-8(4-6-9)16-10-7-11(12(14)15)19-13(10)18-2/h5-8,18H,2-4H2,1H3,(H3,16,17);3-6,17H,1-2H3,(H3,15,16);3-7,16H,1-2H3,(H3,14,15). The van der Waals surface area contributed by atoms with Gasteiger partial charge in [0.25, 0.3) is 0 Å². The fourth-order valence-electron chi connectivity index (χ4n) is 5.70. The minimum absolute atomic E-state index is 0.0448. The molecule has 0 unspecified atom stereocenters. The number of methoxy groups -OCH3 is 1. The minimum Gasteiger partial charge on any atom is -0.497 e. The van der Waals surface area contributed by atoms with Crippen LogP contribution in [-0.2, 0) is 12.8 Å². The Kier molecular flexibility index (Phi) is 16.0. The smallest absolute Gasteiger partial charge is 0.133 e. The molecule has 304 valence electrons. The summed E-state index contributed by atoms with van der Waals surface area (Å²) in [4.78, 5) is 2.30. The topological polar surface area (TPSA) is 195 Å². The average molecular weight is 892 g/mol. The molecule has 0 saturated carbocycles. The van der Waals surface area contributed by atoms with E-state index in [2.05, 4.69) is 34.1 Å². The summed E-state index contributed by atoms with van der Waals surface area (Å²) in [7, 11) is 1.65. The van der Waals surface area contributed by atoms with Crippen molar-refractivity contribution in [1.82, 2.24) is 0 Å². The van der Waals surface area contributed by atoms with Crippen LogP contribution in [0.2, 0.25) is 0 Å². The van der Waals surface area contributed by atoms with Crippen molar-refractivity contribution in [3.63, 3.8) is 0 Å². The van der Waals surface area contributed by atoms with Gasteiger partial charge in [-0.25, -0.2) is 4.39 Å². The molecule has 0 radical (unpaired) electrons. The number of hydrogen-bond acceptors (Lipinski definition) is 13. The van der Waals surface area contributed by atoms with E-state index in [9.17, 15) is 4.39 Å². The Hall–Kier alpha value is -4.65. The third-order valence-corrected chi connectivity index (χ3v) is 15.6. The Labute approximate surface area is 363 Å². The molecule has 6 aromatic rings. The first-order chi connectivity index (χ1) is 27.8. The summed E-state index contributed by atoms with van der Waals surface area (Å²) in [6, 6.07) is 25.0. The fourth-order valence-corrected chi connectivity index (χ4v) is 10.6. The Morgan fingerprint density at radius 3 is 1.45 bits per heavy atom. The van der Waals surface area contributed by atoms with Crippen LogP contribution in [0, 0.1) is 29.0 Å². The number of aryl methyl sites for hydroxylation is 3. The van der Waals surface area contributed by atoms with Crippen molar-refractivity contribution in [3.05, 3.63) is 116 Å².